The molecule has 0 spiro atoms. The molecule has 4 rings (SSSR count). The summed E-state index contributed by atoms with van der Waals surface area (Å²) in [5, 5.41) is 11.6. The third-order valence-electron chi connectivity index (χ3n) is 4.88. The topological polar surface area (TPSA) is 74.2 Å². The highest BCUT2D eigenvalue weighted by atomic mass is 19.2. The zero-order valence-electron chi connectivity index (χ0n) is 16.3. The molecule has 154 valence electrons. The van der Waals surface area contributed by atoms with E-state index in [9.17, 15) is 13.6 Å². The van der Waals surface area contributed by atoms with Crippen molar-refractivity contribution < 1.29 is 13.6 Å². The Bertz CT molecular complexity index is 1050. The lowest BCUT2D eigenvalue weighted by Gasteiger charge is -2.35. The van der Waals surface area contributed by atoms with Gasteiger partial charge in [0, 0.05) is 37.9 Å². The summed E-state index contributed by atoms with van der Waals surface area (Å²) < 4.78 is 26.5. The van der Waals surface area contributed by atoms with Crippen LogP contribution in [0.3, 0.4) is 0 Å². The van der Waals surface area contributed by atoms with E-state index in [1.54, 1.807) is 11.1 Å². The van der Waals surface area contributed by atoms with Crippen molar-refractivity contribution in [2.45, 2.75) is 6.92 Å². The summed E-state index contributed by atoms with van der Waals surface area (Å²) in [7, 11) is 0. The molecule has 30 heavy (non-hydrogen) atoms. The Morgan fingerprint density at radius 3 is 2.40 bits per heavy atom. The van der Waals surface area contributed by atoms with E-state index < -0.39 is 11.6 Å². The summed E-state index contributed by atoms with van der Waals surface area (Å²) in [4.78, 5) is 20.4. The number of carbonyl (C=O) groups excluding carboxylic acids is 1. The number of hydrogen-bond acceptors (Lipinski definition) is 6. The number of pyridine rings is 1. The molecule has 9 heteroatoms. The van der Waals surface area contributed by atoms with Crippen LogP contribution in [0.2, 0.25) is 0 Å². The van der Waals surface area contributed by atoms with Crippen LogP contribution in [0.15, 0.2) is 48.7 Å². The van der Waals surface area contributed by atoms with E-state index in [1.807, 2.05) is 36.1 Å². The van der Waals surface area contributed by atoms with Gasteiger partial charge in [-0.2, -0.15) is 0 Å². The Morgan fingerprint density at radius 2 is 1.73 bits per heavy atom. The highest BCUT2D eigenvalue weighted by Crippen LogP contribution is 2.18. The molecule has 3 aromatic rings. The molecule has 0 unspecified atom stereocenters. The first-order valence-electron chi connectivity index (χ1n) is 9.52. The van der Waals surface area contributed by atoms with Crippen LogP contribution in [0.4, 0.5) is 26.2 Å². The fourth-order valence-corrected chi connectivity index (χ4v) is 3.25. The molecule has 0 aliphatic carbocycles. The summed E-state index contributed by atoms with van der Waals surface area (Å²) in [6.45, 7) is 4.02. The molecule has 3 heterocycles. The maximum atomic E-state index is 13.4. The Balaban J connectivity index is 1.35. The minimum atomic E-state index is -1.02. The van der Waals surface area contributed by atoms with Crippen LogP contribution in [-0.4, -0.2) is 52.2 Å². The van der Waals surface area contributed by atoms with Gasteiger partial charge in [0.05, 0.1) is 0 Å². The third-order valence-corrected chi connectivity index (χ3v) is 4.88. The predicted molar refractivity (Wildman–Crippen MR) is 109 cm³/mol. The van der Waals surface area contributed by atoms with Crippen LogP contribution in [-0.2, 0) is 0 Å². The molecule has 0 saturated carbocycles. The summed E-state index contributed by atoms with van der Waals surface area (Å²) in [5.41, 5.74) is 1.23. The van der Waals surface area contributed by atoms with Crippen LogP contribution in [0, 0.1) is 18.6 Å². The number of halogens is 2. The largest absolute Gasteiger partial charge is 0.352 e. The second kappa shape index (κ2) is 8.40. The van der Waals surface area contributed by atoms with E-state index in [0.29, 0.717) is 43.6 Å². The highest BCUT2D eigenvalue weighted by molar-refractivity contribution is 5.94. The standard InChI is InChI=1S/C21H20F2N6O/c1-14-6-7-24-19(12-14)25-18-4-5-20(27-26-18)28-8-10-29(11-9-28)21(30)15-2-3-16(22)17(23)13-15/h2-7,12-13H,8-11H2,1H3,(H,24,25,26). The number of aryl methyl sites for hydroxylation is 1. The van der Waals surface area contributed by atoms with Gasteiger partial charge < -0.3 is 15.1 Å². The van der Waals surface area contributed by atoms with Crippen LogP contribution >= 0.6 is 0 Å². The number of carbonyl (C=O) groups is 1. The second-order valence-corrected chi connectivity index (χ2v) is 7.03. The zero-order valence-corrected chi connectivity index (χ0v) is 16.3. The van der Waals surface area contributed by atoms with Crippen LogP contribution in [0.25, 0.3) is 0 Å². The van der Waals surface area contributed by atoms with Crippen LogP contribution in [0.1, 0.15) is 15.9 Å². The molecule has 2 aromatic heterocycles. The van der Waals surface area contributed by atoms with Crippen molar-refractivity contribution in [3.05, 3.63) is 71.4 Å². The molecule has 1 fully saturated rings. The van der Waals surface area contributed by atoms with Gasteiger partial charge in [0.2, 0.25) is 0 Å². The maximum absolute atomic E-state index is 13.4. The lowest BCUT2D eigenvalue weighted by Crippen LogP contribution is -2.49. The fraction of sp³-hybridized carbons (Fsp3) is 0.238. The quantitative estimate of drug-likeness (QED) is 0.712. The van der Waals surface area contributed by atoms with E-state index in [2.05, 4.69) is 20.5 Å². The Hall–Kier alpha value is -3.62. The first kappa shape index (κ1) is 19.7. The number of amides is 1. The van der Waals surface area contributed by atoms with Gasteiger partial charge in [-0.15, -0.1) is 10.2 Å². The van der Waals surface area contributed by atoms with Gasteiger partial charge >= 0.3 is 0 Å². The van der Waals surface area contributed by atoms with Gasteiger partial charge in [0.15, 0.2) is 23.3 Å². The van der Waals surface area contributed by atoms with E-state index in [-0.39, 0.29) is 11.5 Å². The molecule has 0 bridgehead atoms. The summed E-state index contributed by atoms with van der Waals surface area (Å²) in [6.07, 6.45) is 1.72. The lowest BCUT2D eigenvalue weighted by atomic mass is 10.1. The number of nitrogens with zero attached hydrogens (tertiary/aromatic N) is 5. The first-order valence-corrected chi connectivity index (χ1v) is 9.52. The molecule has 1 N–H and O–H groups in total. The highest BCUT2D eigenvalue weighted by Gasteiger charge is 2.23. The van der Waals surface area contributed by atoms with Crippen molar-refractivity contribution >= 4 is 23.4 Å². The maximum Gasteiger partial charge on any atom is 0.254 e. The van der Waals surface area contributed by atoms with Gasteiger partial charge in [0.25, 0.3) is 5.91 Å². The van der Waals surface area contributed by atoms with E-state index >= 15 is 0 Å². The van der Waals surface area contributed by atoms with Crippen LogP contribution in [0.5, 0.6) is 0 Å². The normalized spacial score (nSPS) is 14.0. The van der Waals surface area contributed by atoms with Crippen molar-refractivity contribution in [1.82, 2.24) is 20.1 Å². The number of rotatable bonds is 4. The number of benzene rings is 1. The smallest absolute Gasteiger partial charge is 0.254 e. The summed E-state index contributed by atoms with van der Waals surface area (Å²) in [6, 6.07) is 10.7. The van der Waals surface area contributed by atoms with Gasteiger partial charge in [-0.25, -0.2) is 13.8 Å². The molecule has 1 aliphatic rings. The average molecular weight is 410 g/mol. The molecule has 1 saturated heterocycles. The molecular weight excluding hydrogens is 390 g/mol. The number of nitrogens with one attached hydrogen (secondary N) is 1. The number of anilines is 3. The van der Waals surface area contributed by atoms with Gasteiger partial charge in [0.1, 0.15) is 5.82 Å². The monoisotopic (exact) mass is 410 g/mol. The van der Waals surface area contributed by atoms with Crippen LogP contribution < -0.4 is 10.2 Å². The van der Waals surface area contributed by atoms with E-state index in [1.165, 1.54) is 6.07 Å². The van der Waals surface area contributed by atoms with Crippen molar-refractivity contribution in [1.29, 1.82) is 0 Å². The molecule has 7 nitrogen and oxygen atoms in total. The zero-order chi connectivity index (χ0) is 21.1. The molecular formula is C21H20F2N6O. The summed E-state index contributed by atoms with van der Waals surface area (Å²) in [5.74, 6) is -0.316. The predicted octanol–water partition coefficient (Wildman–Crippen LogP) is 3.16. The first-order chi connectivity index (χ1) is 14.5. The summed E-state index contributed by atoms with van der Waals surface area (Å²) >= 11 is 0. The Labute approximate surface area is 172 Å². The van der Waals surface area contributed by atoms with E-state index in [0.717, 1.165) is 17.7 Å². The lowest BCUT2D eigenvalue weighted by molar-refractivity contribution is 0.0746. The number of aromatic nitrogens is 3. The number of hydrogen-bond donors (Lipinski definition) is 1. The van der Waals surface area contributed by atoms with Crippen molar-refractivity contribution in [3.63, 3.8) is 0 Å². The van der Waals surface area contributed by atoms with Gasteiger partial charge in [-0.1, -0.05) is 0 Å². The minimum absolute atomic E-state index is 0.141. The van der Waals surface area contributed by atoms with Gasteiger partial charge in [-0.3, -0.25) is 4.79 Å². The minimum Gasteiger partial charge on any atom is -0.352 e. The average Bonchev–Trinajstić information content (AvgIpc) is 2.76. The SMILES string of the molecule is Cc1ccnc(Nc2ccc(N3CCN(C(=O)c4ccc(F)c(F)c4)CC3)nn2)c1. The van der Waals surface area contributed by atoms with Crippen molar-refractivity contribution in [3.8, 4) is 0 Å². The third kappa shape index (κ3) is 4.35. The molecule has 1 aromatic carbocycles. The molecule has 0 atom stereocenters. The number of piperazine rings is 1. The van der Waals surface area contributed by atoms with Crippen molar-refractivity contribution in [2.24, 2.45) is 0 Å². The second-order valence-electron chi connectivity index (χ2n) is 7.03. The molecule has 0 radical (unpaired) electrons. The molecule has 1 aliphatic heterocycles. The Morgan fingerprint density at radius 1 is 0.933 bits per heavy atom. The van der Waals surface area contributed by atoms with E-state index in [4.69, 9.17) is 0 Å². The molecule has 1 amide bonds. The van der Waals surface area contributed by atoms with Crippen molar-refractivity contribution in [2.75, 3.05) is 36.4 Å². The Kier molecular flexibility index (Phi) is 5.51. The fourth-order valence-electron chi connectivity index (χ4n) is 3.25. The van der Waals surface area contributed by atoms with Gasteiger partial charge in [-0.05, 0) is 55.0 Å².